The minimum atomic E-state index is -1.66. The SMILES string of the molecule is CCCCCCCC(=O)C[C@@H](CCN)C(=O)N[C@H](C(=O)C[C@@H](CCN)C(=O)N[C@H]1CCNC(=O)[C@H](CC(C)C)NC(=O)[C@H](CCN)CC(=O)[C@H](CCN)NC(=O)[C@H](CC(C)C)NC(=O)[C@@H](Cc2ccccc2)CC(=O)[C@H](CO)NC1=O)[C@@H](C)O. The Morgan fingerprint density at radius 2 is 1.15 bits per heavy atom. The molecule has 1 aromatic rings. The average molecular weight is 1180 g/mol. The third-order valence-corrected chi connectivity index (χ3v) is 15.0. The van der Waals surface area contributed by atoms with E-state index in [1.165, 1.54) is 6.92 Å². The minimum Gasteiger partial charge on any atom is -0.394 e. The summed E-state index contributed by atoms with van der Waals surface area (Å²) >= 11 is 0. The Morgan fingerprint density at radius 3 is 1.71 bits per heavy atom. The first kappa shape index (κ1) is 74.1. The summed E-state index contributed by atoms with van der Waals surface area (Å²) < 4.78 is 0. The molecule has 0 radical (unpaired) electrons. The van der Waals surface area contributed by atoms with E-state index in [-0.39, 0.29) is 115 Å². The van der Waals surface area contributed by atoms with Gasteiger partial charge in [0.05, 0.1) is 18.8 Å². The monoisotopic (exact) mass is 1180 g/mol. The van der Waals surface area contributed by atoms with E-state index in [9.17, 15) is 63.0 Å². The van der Waals surface area contributed by atoms with Gasteiger partial charge in [0.1, 0.15) is 36.0 Å². The Bertz CT molecular complexity index is 2270. The molecule has 474 valence electrons. The van der Waals surface area contributed by atoms with Crippen molar-refractivity contribution in [3.63, 3.8) is 0 Å². The van der Waals surface area contributed by atoms with Gasteiger partial charge in [-0.1, -0.05) is 90.6 Å². The Kier molecular flexibility index (Phi) is 35.5. The summed E-state index contributed by atoms with van der Waals surface area (Å²) in [6.45, 7) is 9.22. The second-order valence-corrected chi connectivity index (χ2v) is 23.3. The number of unbranched alkanes of at least 4 members (excludes halogenated alkanes) is 4. The highest BCUT2D eigenvalue weighted by Crippen LogP contribution is 2.21. The van der Waals surface area contributed by atoms with E-state index < -0.39 is 151 Å². The van der Waals surface area contributed by atoms with Crippen molar-refractivity contribution in [2.45, 2.75) is 199 Å². The number of nitrogens with one attached hydrogen (secondary N) is 7. The molecule has 1 aliphatic rings. The molecule has 84 heavy (non-hydrogen) atoms. The van der Waals surface area contributed by atoms with Crippen LogP contribution in [0.2, 0.25) is 0 Å². The normalized spacial score (nSPS) is 22.6. The van der Waals surface area contributed by atoms with Gasteiger partial charge in [-0.05, 0) is 108 Å². The molecular formula is C60H101N11O13. The zero-order valence-electron chi connectivity index (χ0n) is 50.6. The summed E-state index contributed by atoms with van der Waals surface area (Å²) in [6, 6.07) is 0.321. The number of Topliss-reactive ketones (excluding diaryl/α,β-unsaturated/α-hetero) is 4. The molecule has 1 heterocycles. The van der Waals surface area contributed by atoms with Crippen molar-refractivity contribution in [2.24, 2.45) is 58.4 Å². The van der Waals surface area contributed by atoms with E-state index in [2.05, 4.69) is 44.1 Å². The highest BCUT2D eigenvalue weighted by atomic mass is 16.3. The maximum atomic E-state index is 14.5. The summed E-state index contributed by atoms with van der Waals surface area (Å²) in [4.78, 5) is 155. The molecule has 24 nitrogen and oxygen atoms in total. The molecule has 0 unspecified atom stereocenters. The van der Waals surface area contributed by atoms with Gasteiger partial charge in [-0.15, -0.1) is 0 Å². The standard InChI is InChI=1S/C60H101N11O13/c1-7-8-9-10-14-17-44(74)31-40(18-23-61)56(80)71-53(38(6)73)52(77)33-42(20-25-63)54(78)67-46-22-27-65-58(82)47(28-36(2)3)68-55(79)41(19-24-62)32-50(75)45(21-26-64)66-60(84)48(29-37(4)5)69-57(81)43(30-39-15-12-11-13-16-39)34-51(76)49(35-72)70-59(46)83/h11-13,15-16,36-38,40-43,45-49,53,72-73H,7-10,14,17-35,61-64H2,1-6H3,(H,65,82)(H,66,84)(H,67,78)(H,68,79)(H,69,81)(H,70,83)(H,71,80)/t38-,40-,41-,42-,43+,45+,46+,47+,48+,49+,53+/m1/s1. The molecule has 1 aromatic carbocycles. The Morgan fingerprint density at radius 1 is 0.619 bits per heavy atom. The number of nitrogens with two attached hydrogens (primary N) is 4. The average Bonchev–Trinajstić information content (AvgIpc) is 3.51. The number of aliphatic hydroxyl groups excluding tert-OH is 2. The number of hydrogen-bond donors (Lipinski definition) is 13. The van der Waals surface area contributed by atoms with E-state index >= 15 is 0 Å². The highest BCUT2D eigenvalue weighted by molar-refractivity contribution is 5.99. The van der Waals surface area contributed by atoms with Crippen molar-refractivity contribution < 1.29 is 63.0 Å². The quantitative estimate of drug-likeness (QED) is 0.0441. The van der Waals surface area contributed by atoms with Crippen LogP contribution in [0.25, 0.3) is 0 Å². The van der Waals surface area contributed by atoms with E-state index in [4.69, 9.17) is 22.9 Å². The number of benzene rings is 1. The van der Waals surface area contributed by atoms with Gasteiger partial charge in [0.25, 0.3) is 0 Å². The fraction of sp³-hybridized carbons (Fsp3) is 0.717. The van der Waals surface area contributed by atoms with Gasteiger partial charge in [-0.2, -0.15) is 0 Å². The molecule has 7 amide bonds. The second-order valence-electron chi connectivity index (χ2n) is 23.3. The van der Waals surface area contributed by atoms with E-state index in [1.807, 2.05) is 27.7 Å². The minimum absolute atomic E-state index is 0.0152. The summed E-state index contributed by atoms with van der Waals surface area (Å²) in [5.41, 5.74) is 24.3. The molecule has 0 saturated carbocycles. The summed E-state index contributed by atoms with van der Waals surface area (Å²) in [7, 11) is 0. The first-order valence-electron chi connectivity index (χ1n) is 30.3. The molecule has 0 aromatic heterocycles. The number of rotatable bonds is 31. The Balaban J connectivity index is 2.67. The van der Waals surface area contributed by atoms with Crippen LogP contribution in [-0.4, -0.2) is 156 Å². The number of carbonyl (C=O) groups excluding carboxylic acids is 11. The van der Waals surface area contributed by atoms with Crippen LogP contribution in [0.4, 0.5) is 0 Å². The molecule has 11 atom stereocenters. The van der Waals surface area contributed by atoms with E-state index in [1.54, 1.807) is 30.3 Å². The molecule has 1 fully saturated rings. The summed E-state index contributed by atoms with van der Waals surface area (Å²) in [5.74, 6) is -12.3. The van der Waals surface area contributed by atoms with Crippen molar-refractivity contribution in [1.82, 2.24) is 37.2 Å². The van der Waals surface area contributed by atoms with Crippen LogP contribution >= 0.6 is 0 Å². The number of hydrogen-bond acceptors (Lipinski definition) is 17. The van der Waals surface area contributed by atoms with Crippen molar-refractivity contribution in [3.05, 3.63) is 35.9 Å². The molecule has 24 heteroatoms. The number of ketones is 4. The zero-order valence-corrected chi connectivity index (χ0v) is 50.6. The lowest BCUT2D eigenvalue weighted by Crippen LogP contribution is -2.56. The molecule has 1 aliphatic heterocycles. The first-order valence-corrected chi connectivity index (χ1v) is 30.3. The highest BCUT2D eigenvalue weighted by Gasteiger charge is 2.37. The maximum Gasteiger partial charge on any atom is 0.243 e. The van der Waals surface area contributed by atoms with Gasteiger partial charge < -0.3 is 70.4 Å². The van der Waals surface area contributed by atoms with Gasteiger partial charge >= 0.3 is 0 Å². The van der Waals surface area contributed by atoms with Gasteiger partial charge in [-0.3, -0.25) is 52.7 Å². The molecule has 0 aliphatic carbocycles. The molecule has 0 bridgehead atoms. The Labute approximate surface area is 496 Å². The third-order valence-electron chi connectivity index (χ3n) is 15.0. The molecule has 17 N–H and O–H groups in total. The number of amides is 7. The molecule has 1 saturated heterocycles. The summed E-state index contributed by atoms with van der Waals surface area (Å²) in [6.07, 6.45) is 1.60. The van der Waals surface area contributed by atoms with Crippen LogP contribution in [0.3, 0.4) is 0 Å². The second kappa shape index (κ2) is 40.3. The van der Waals surface area contributed by atoms with Gasteiger partial charge in [0, 0.05) is 62.3 Å². The van der Waals surface area contributed by atoms with Crippen LogP contribution < -0.4 is 60.2 Å². The predicted octanol–water partition coefficient (Wildman–Crippen LogP) is 0.180. The first-order chi connectivity index (χ1) is 39.9. The topological polar surface area (TPSA) is 417 Å². The fourth-order valence-corrected chi connectivity index (χ4v) is 10.2. The van der Waals surface area contributed by atoms with Gasteiger partial charge in [-0.25, -0.2) is 0 Å². The van der Waals surface area contributed by atoms with Crippen LogP contribution in [0.1, 0.15) is 156 Å². The van der Waals surface area contributed by atoms with Crippen molar-refractivity contribution in [1.29, 1.82) is 0 Å². The maximum absolute atomic E-state index is 14.5. The fourth-order valence-electron chi connectivity index (χ4n) is 10.2. The van der Waals surface area contributed by atoms with Crippen LogP contribution in [0.5, 0.6) is 0 Å². The third kappa shape index (κ3) is 27.3. The van der Waals surface area contributed by atoms with Crippen molar-refractivity contribution in [2.75, 3.05) is 39.3 Å². The van der Waals surface area contributed by atoms with Crippen molar-refractivity contribution in [3.8, 4) is 0 Å². The largest absolute Gasteiger partial charge is 0.394 e. The number of aliphatic hydroxyl groups is 2. The smallest absolute Gasteiger partial charge is 0.243 e. The lowest BCUT2D eigenvalue weighted by atomic mass is 9.90. The van der Waals surface area contributed by atoms with E-state index in [0.717, 1.165) is 25.7 Å². The lowest BCUT2D eigenvalue weighted by molar-refractivity contribution is -0.137. The summed E-state index contributed by atoms with van der Waals surface area (Å²) in [5, 5.41) is 40.2. The van der Waals surface area contributed by atoms with Crippen molar-refractivity contribution >= 4 is 64.5 Å². The van der Waals surface area contributed by atoms with Crippen LogP contribution in [0.15, 0.2) is 30.3 Å². The zero-order chi connectivity index (χ0) is 62.9. The van der Waals surface area contributed by atoms with Crippen LogP contribution in [-0.2, 0) is 59.2 Å². The van der Waals surface area contributed by atoms with E-state index in [0.29, 0.717) is 12.0 Å². The van der Waals surface area contributed by atoms with Crippen LogP contribution in [0, 0.1) is 35.5 Å². The number of carbonyl (C=O) groups is 11. The van der Waals surface area contributed by atoms with Gasteiger partial charge in [0.15, 0.2) is 17.3 Å². The van der Waals surface area contributed by atoms with Gasteiger partial charge in [0.2, 0.25) is 41.4 Å². The Hall–Kier alpha value is -6.05. The molecule has 2 rings (SSSR count). The predicted molar refractivity (Wildman–Crippen MR) is 318 cm³/mol. The lowest BCUT2D eigenvalue weighted by Gasteiger charge is -2.27. The molecule has 0 spiro atoms. The molecular weight excluding hydrogens is 1080 g/mol.